The lowest BCUT2D eigenvalue weighted by Gasteiger charge is -2.37. The molecule has 3 nitrogen and oxygen atoms in total. The summed E-state index contributed by atoms with van der Waals surface area (Å²) in [4.78, 5) is 5.58. The third-order valence-electron chi connectivity index (χ3n) is 3.69. The first-order chi connectivity index (χ1) is 10.5. The van der Waals surface area contributed by atoms with Crippen molar-refractivity contribution in [3.05, 3.63) is 64.2 Å². The zero-order chi connectivity index (χ0) is 15.9. The van der Waals surface area contributed by atoms with Crippen LogP contribution in [0.15, 0.2) is 47.5 Å². The highest BCUT2D eigenvalue weighted by Crippen LogP contribution is 2.40. The van der Waals surface area contributed by atoms with E-state index in [0.29, 0.717) is 27.5 Å². The Morgan fingerprint density at radius 2 is 1.91 bits per heavy atom. The highest BCUT2D eigenvalue weighted by atomic mass is 35.5. The van der Waals surface area contributed by atoms with E-state index in [2.05, 4.69) is 4.99 Å². The van der Waals surface area contributed by atoms with Crippen molar-refractivity contribution in [1.82, 2.24) is 0 Å². The molecule has 0 bridgehead atoms. The number of alkyl halides is 2. The summed E-state index contributed by atoms with van der Waals surface area (Å²) < 4.78 is 13.5. The summed E-state index contributed by atoms with van der Waals surface area (Å²) >= 11 is 12.2. The summed E-state index contributed by atoms with van der Waals surface area (Å²) in [6.07, 6.45) is 0. The van der Waals surface area contributed by atoms with Gasteiger partial charge in [0, 0.05) is 28.8 Å². The van der Waals surface area contributed by atoms with E-state index in [1.807, 2.05) is 30.3 Å². The number of aliphatic imine (C=N–C) groups is 1. The fourth-order valence-electron chi connectivity index (χ4n) is 2.52. The lowest BCUT2D eigenvalue weighted by atomic mass is 9.94. The van der Waals surface area contributed by atoms with E-state index in [4.69, 9.17) is 23.2 Å². The minimum absolute atomic E-state index is 0.318. The average Bonchev–Trinajstić information content (AvgIpc) is 2.51. The van der Waals surface area contributed by atoms with Crippen LogP contribution in [0.25, 0.3) is 0 Å². The first-order valence-electron chi connectivity index (χ1n) is 6.64. The van der Waals surface area contributed by atoms with E-state index < -0.39 is 12.0 Å². The van der Waals surface area contributed by atoms with Crippen molar-refractivity contribution in [2.75, 3.05) is 11.9 Å². The summed E-state index contributed by atoms with van der Waals surface area (Å²) in [7, 11) is 1.59. The Balaban J connectivity index is 2.33. The second kappa shape index (κ2) is 5.54. The van der Waals surface area contributed by atoms with Crippen LogP contribution >= 0.6 is 23.2 Å². The molecule has 1 aliphatic heterocycles. The number of halogens is 3. The van der Waals surface area contributed by atoms with E-state index in [-0.39, 0.29) is 0 Å². The van der Waals surface area contributed by atoms with Crippen LogP contribution in [0.4, 0.5) is 10.1 Å². The molecule has 1 aliphatic rings. The summed E-state index contributed by atoms with van der Waals surface area (Å²) in [6.45, 7) is -0.734. The van der Waals surface area contributed by atoms with Crippen LogP contribution in [0, 0.1) is 0 Å². The molecule has 0 spiro atoms. The quantitative estimate of drug-likeness (QED) is 0.665. The van der Waals surface area contributed by atoms with Crippen LogP contribution < -0.4 is 4.90 Å². The maximum Gasteiger partial charge on any atom is 0.320 e. The Morgan fingerprint density at radius 3 is 2.55 bits per heavy atom. The van der Waals surface area contributed by atoms with Gasteiger partial charge in [0.1, 0.15) is 6.67 Å². The zero-order valence-corrected chi connectivity index (χ0v) is 13.2. The van der Waals surface area contributed by atoms with E-state index in [0.717, 1.165) is 5.56 Å². The highest BCUT2D eigenvalue weighted by Gasteiger charge is 2.38. The van der Waals surface area contributed by atoms with Crippen molar-refractivity contribution in [3.8, 4) is 0 Å². The van der Waals surface area contributed by atoms with E-state index in [1.165, 1.54) is 4.90 Å². The molecule has 6 heteroatoms. The van der Waals surface area contributed by atoms with Gasteiger partial charge < -0.3 is 10.0 Å². The molecule has 3 rings (SSSR count). The van der Waals surface area contributed by atoms with Crippen molar-refractivity contribution in [3.63, 3.8) is 0 Å². The fraction of sp³-hybridized carbons (Fsp3) is 0.188. The standard InChI is InChI=1S/C16H13Cl2FN2O/c1-21-13-8-7-12(17)11(9-19)14(13)15(20-16(21,18)22)10-5-3-2-4-6-10/h2-8,22H,9H2,1H3. The lowest BCUT2D eigenvalue weighted by Crippen LogP contribution is -2.44. The number of aliphatic hydroxyl groups is 1. The number of benzene rings is 2. The van der Waals surface area contributed by atoms with Gasteiger partial charge in [-0.2, -0.15) is 0 Å². The van der Waals surface area contributed by atoms with E-state index >= 15 is 0 Å². The van der Waals surface area contributed by atoms with Gasteiger partial charge in [-0.15, -0.1) is 0 Å². The van der Waals surface area contributed by atoms with Gasteiger partial charge in [0.2, 0.25) is 0 Å². The first-order valence-corrected chi connectivity index (χ1v) is 7.39. The summed E-state index contributed by atoms with van der Waals surface area (Å²) in [5.74, 6) is 0. The maximum atomic E-state index is 13.5. The zero-order valence-electron chi connectivity index (χ0n) is 11.7. The molecule has 0 aliphatic carbocycles. The monoisotopic (exact) mass is 338 g/mol. The maximum absolute atomic E-state index is 13.5. The SMILES string of the molecule is CN1c2ccc(Cl)c(CF)c2C(c2ccccc2)=NC1(O)Cl. The predicted octanol–water partition coefficient (Wildman–Crippen LogP) is 3.94. The minimum Gasteiger partial charge on any atom is -0.340 e. The molecule has 0 amide bonds. The Kier molecular flexibility index (Phi) is 3.85. The predicted molar refractivity (Wildman–Crippen MR) is 87.6 cm³/mol. The van der Waals surface area contributed by atoms with Gasteiger partial charge in [-0.05, 0) is 23.7 Å². The molecule has 1 heterocycles. The average molecular weight is 339 g/mol. The van der Waals surface area contributed by atoms with Crippen molar-refractivity contribution >= 4 is 34.6 Å². The molecule has 1 unspecified atom stereocenters. The molecule has 0 aromatic heterocycles. The number of hydrogen-bond donors (Lipinski definition) is 1. The second-order valence-corrected chi connectivity index (χ2v) is 5.91. The lowest BCUT2D eigenvalue weighted by molar-refractivity contribution is 0.138. The molecule has 22 heavy (non-hydrogen) atoms. The summed E-state index contributed by atoms with van der Waals surface area (Å²) in [5, 5.41) is 8.72. The van der Waals surface area contributed by atoms with Crippen LogP contribution in [0.2, 0.25) is 5.02 Å². The Labute approximate surface area is 137 Å². The normalized spacial score (nSPS) is 20.6. The van der Waals surface area contributed by atoms with Gasteiger partial charge in [-0.1, -0.05) is 41.9 Å². The number of rotatable bonds is 2. The van der Waals surface area contributed by atoms with Crippen molar-refractivity contribution in [2.24, 2.45) is 4.99 Å². The van der Waals surface area contributed by atoms with Gasteiger partial charge in [0.25, 0.3) is 0 Å². The molecule has 2 aromatic carbocycles. The van der Waals surface area contributed by atoms with Gasteiger partial charge in [-0.25, -0.2) is 9.38 Å². The Bertz CT molecular complexity index is 747. The van der Waals surface area contributed by atoms with Gasteiger partial charge in [0.15, 0.2) is 0 Å². The van der Waals surface area contributed by atoms with Crippen molar-refractivity contribution in [1.29, 1.82) is 0 Å². The van der Waals surface area contributed by atoms with Crippen molar-refractivity contribution < 1.29 is 9.50 Å². The molecule has 1 N–H and O–H groups in total. The van der Waals surface area contributed by atoms with Gasteiger partial charge >= 0.3 is 5.31 Å². The number of hydrogen-bond acceptors (Lipinski definition) is 3. The molecule has 1 atom stereocenters. The fourth-order valence-corrected chi connectivity index (χ4v) is 2.90. The summed E-state index contributed by atoms with van der Waals surface area (Å²) in [5.41, 5.74) is 2.60. The Morgan fingerprint density at radius 1 is 1.23 bits per heavy atom. The molecule has 0 fully saturated rings. The molecular weight excluding hydrogens is 326 g/mol. The number of fused-ring (bicyclic) bond motifs is 1. The summed E-state index contributed by atoms with van der Waals surface area (Å²) in [6, 6.07) is 12.5. The van der Waals surface area contributed by atoms with Crippen LogP contribution in [0.1, 0.15) is 16.7 Å². The third kappa shape index (κ3) is 2.37. The largest absolute Gasteiger partial charge is 0.340 e. The van der Waals surface area contributed by atoms with Gasteiger partial charge in [0.05, 0.1) is 11.4 Å². The first kappa shape index (κ1) is 15.3. The minimum atomic E-state index is -1.93. The van der Waals surface area contributed by atoms with Crippen LogP contribution in [0.5, 0.6) is 0 Å². The van der Waals surface area contributed by atoms with E-state index in [1.54, 1.807) is 19.2 Å². The number of anilines is 1. The molecule has 0 saturated heterocycles. The van der Waals surface area contributed by atoms with Crippen molar-refractivity contribution in [2.45, 2.75) is 12.0 Å². The third-order valence-corrected chi connectivity index (χ3v) is 4.39. The number of nitrogens with zero attached hydrogens (tertiary/aromatic N) is 2. The molecule has 114 valence electrons. The molecule has 0 saturated carbocycles. The molecule has 2 aromatic rings. The second-order valence-electron chi connectivity index (χ2n) is 4.99. The van der Waals surface area contributed by atoms with Gasteiger partial charge in [-0.3, -0.25) is 0 Å². The van der Waals surface area contributed by atoms with E-state index in [9.17, 15) is 9.50 Å². The topological polar surface area (TPSA) is 35.8 Å². The van der Waals surface area contributed by atoms with Crippen LogP contribution in [-0.2, 0) is 6.67 Å². The van der Waals surface area contributed by atoms with Crippen LogP contribution in [-0.4, -0.2) is 23.2 Å². The Hall–Kier alpha value is -1.62. The molecular formula is C16H13Cl2FN2O. The molecule has 0 radical (unpaired) electrons. The smallest absolute Gasteiger partial charge is 0.320 e. The highest BCUT2D eigenvalue weighted by molar-refractivity contribution is 6.33. The van der Waals surface area contributed by atoms with Crippen LogP contribution in [0.3, 0.4) is 0 Å².